The molecule has 4 N–H and O–H groups in total. The highest BCUT2D eigenvalue weighted by molar-refractivity contribution is 5.98. The number of ether oxygens (including phenoxy) is 1. The number of nitrogens with two attached hydrogens (primary N) is 1. The van der Waals surface area contributed by atoms with Gasteiger partial charge in [0.2, 0.25) is 6.41 Å². The molecule has 9 heteroatoms. The first-order valence-corrected chi connectivity index (χ1v) is 9.32. The molecule has 29 heavy (non-hydrogen) atoms. The lowest BCUT2D eigenvalue weighted by Crippen LogP contribution is -2.49. The first-order valence-electron chi connectivity index (χ1n) is 9.32. The number of benzene rings is 1. The molecule has 2 aromatic rings. The number of aryl methyl sites for hydroxylation is 1. The summed E-state index contributed by atoms with van der Waals surface area (Å²) in [5.41, 5.74) is 6.93. The summed E-state index contributed by atoms with van der Waals surface area (Å²) in [5, 5.41) is 5.75. The van der Waals surface area contributed by atoms with E-state index in [4.69, 9.17) is 10.5 Å². The highest BCUT2D eigenvalue weighted by Gasteiger charge is 2.27. The topological polar surface area (TPSA) is 110 Å². The number of nitrogens with one attached hydrogen (secondary N) is 2. The number of anilines is 3. The molecule has 0 aliphatic carbocycles. The van der Waals surface area contributed by atoms with Crippen molar-refractivity contribution in [1.82, 2.24) is 10.3 Å². The summed E-state index contributed by atoms with van der Waals surface area (Å²) < 4.78 is 20.1. The third kappa shape index (κ3) is 4.56. The second kappa shape index (κ2) is 8.76. The van der Waals surface area contributed by atoms with Gasteiger partial charge in [0.15, 0.2) is 11.6 Å². The summed E-state index contributed by atoms with van der Waals surface area (Å²) >= 11 is 0. The summed E-state index contributed by atoms with van der Waals surface area (Å²) in [6.07, 6.45) is 2.66. The Morgan fingerprint density at radius 1 is 1.34 bits per heavy atom. The Kier molecular flexibility index (Phi) is 6.16. The number of primary amides is 1. The van der Waals surface area contributed by atoms with Crippen LogP contribution in [0.25, 0.3) is 0 Å². The first kappa shape index (κ1) is 20.4. The van der Waals surface area contributed by atoms with Gasteiger partial charge < -0.3 is 26.0 Å². The molecule has 2 heterocycles. The molecule has 0 radical (unpaired) electrons. The highest BCUT2D eigenvalue weighted by Crippen LogP contribution is 2.30. The molecule has 1 aromatic heterocycles. The summed E-state index contributed by atoms with van der Waals surface area (Å²) in [4.78, 5) is 28.9. The minimum absolute atomic E-state index is 0.0520. The largest absolute Gasteiger partial charge is 0.497 e. The number of hydrogen-bond acceptors (Lipinski definition) is 6. The molecule has 2 amide bonds. The predicted molar refractivity (Wildman–Crippen MR) is 108 cm³/mol. The van der Waals surface area contributed by atoms with Crippen molar-refractivity contribution in [3.8, 4) is 5.75 Å². The summed E-state index contributed by atoms with van der Waals surface area (Å²) in [7, 11) is 1.55. The molecule has 1 atom stereocenters. The van der Waals surface area contributed by atoms with Crippen LogP contribution in [0.15, 0.2) is 24.3 Å². The van der Waals surface area contributed by atoms with Gasteiger partial charge >= 0.3 is 0 Å². The Morgan fingerprint density at radius 2 is 2.14 bits per heavy atom. The lowest BCUT2D eigenvalue weighted by atomic mass is 10.1. The van der Waals surface area contributed by atoms with E-state index < -0.39 is 11.7 Å². The molecule has 154 valence electrons. The molecule has 1 aliphatic rings. The van der Waals surface area contributed by atoms with Gasteiger partial charge in [-0.25, -0.2) is 9.37 Å². The number of rotatable bonds is 7. The van der Waals surface area contributed by atoms with Gasteiger partial charge in [-0.2, -0.15) is 0 Å². The SMILES string of the molecule is COc1cc(C)cc(Nc2nc(N3CCCCC3NC=O)c(F)cc2C(N)=O)c1. The van der Waals surface area contributed by atoms with E-state index in [1.807, 2.05) is 19.1 Å². The Morgan fingerprint density at radius 3 is 2.83 bits per heavy atom. The molecule has 0 spiro atoms. The fourth-order valence-electron chi connectivity index (χ4n) is 3.48. The molecule has 3 rings (SSSR count). The lowest BCUT2D eigenvalue weighted by Gasteiger charge is -2.36. The van der Waals surface area contributed by atoms with E-state index in [1.165, 1.54) is 0 Å². The molecule has 1 aromatic carbocycles. The number of amides is 2. The normalized spacial score (nSPS) is 16.2. The molecule has 1 fully saturated rings. The Hall–Kier alpha value is -3.36. The maximum absolute atomic E-state index is 14.8. The maximum atomic E-state index is 14.8. The molecule has 1 unspecified atom stereocenters. The van der Waals surface area contributed by atoms with Crippen LogP contribution in [0.3, 0.4) is 0 Å². The summed E-state index contributed by atoms with van der Waals surface area (Å²) in [6, 6.07) is 6.51. The first-order chi connectivity index (χ1) is 13.9. The van der Waals surface area contributed by atoms with Crippen LogP contribution in [-0.4, -0.2) is 37.1 Å². The van der Waals surface area contributed by atoms with Crippen molar-refractivity contribution in [1.29, 1.82) is 0 Å². The van der Waals surface area contributed by atoms with Crippen molar-refractivity contribution in [2.75, 3.05) is 23.9 Å². The Labute approximate surface area is 168 Å². The molecule has 0 bridgehead atoms. The number of halogens is 1. The van der Waals surface area contributed by atoms with Crippen molar-refractivity contribution in [3.05, 3.63) is 41.2 Å². The summed E-state index contributed by atoms with van der Waals surface area (Å²) in [5.74, 6) is -0.660. The molecule has 8 nitrogen and oxygen atoms in total. The number of methoxy groups -OCH3 is 1. The van der Waals surface area contributed by atoms with Crippen LogP contribution in [-0.2, 0) is 4.79 Å². The van der Waals surface area contributed by atoms with Crippen molar-refractivity contribution < 1.29 is 18.7 Å². The third-order valence-corrected chi connectivity index (χ3v) is 4.81. The number of carbonyl (C=O) groups is 2. The molecular weight excluding hydrogens is 377 g/mol. The average Bonchev–Trinajstić information content (AvgIpc) is 2.69. The lowest BCUT2D eigenvalue weighted by molar-refractivity contribution is -0.110. The number of carbonyl (C=O) groups excluding carboxylic acids is 2. The van der Waals surface area contributed by atoms with Gasteiger partial charge in [-0.1, -0.05) is 0 Å². The van der Waals surface area contributed by atoms with Crippen LogP contribution in [0.2, 0.25) is 0 Å². The van der Waals surface area contributed by atoms with E-state index in [9.17, 15) is 14.0 Å². The van der Waals surface area contributed by atoms with Crippen LogP contribution < -0.4 is 26.0 Å². The van der Waals surface area contributed by atoms with Gasteiger partial charge in [0.05, 0.1) is 12.7 Å². The zero-order chi connectivity index (χ0) is 21.0. The fourth-order valence-corrected chi connectivity index (χ4v) is 3.48. The van der Waals surface area contributed by atoms with Crippen LogP contribution in [0, 0.1) is 12.7 Å². The van der Waals surface area contributed by atoms with Gasteiger partial charge in [0, 0.05) is 18.3 Å². The third-order valence-electron chi connectivity index (χ3n) is 4.81. The van der Waals surface area contributed by atoms with E-state index in [0.717, 1.165) is 24.5 Å². The van der Waals surface area contributed by atoms with E-state index in [0.29, 0.717) is 30.8 Å². The minimum Gasteiger partial charge on any atom is -0.497 e. The molecule has 1 saturated heterocycles. The second-order valence-electron chi connectivity index (χ2n) is 6.91. The number of piperidine rings is 1. The zero-order valence-corrected chi connectivity index (χ0v) is 16.4. The molecule has 1 aliphatic heterocycles. The van der Waals surface area contributed by atoms with Crippen LogP contribution in [0.1, 0.15) is 35.2 Å². The maximum Gasteiger partial charge on any atom is 0.252 e. The standard InChI is InChI=1S/C20H24FN5O3/c1-12-7-13(9-14(8-12)29-2)24-19-15(18(22)28)10-16(21)20(25-19)26-6-4-3-5-17(26)23-11-27/h7-11,17H,3-6H2,1-2H3,(H2,22,28)(H,23,27)(H,24,25). The number of aromatic nitrogens is 1. The van der Waals surface area contributed by atoms with E-state index in [-0.39, 0.29) is 23.4 Å². The monoisotopic (exact) mass is 401 g/mol. The van der Waals surface area contributed by atoms with Gasteiger partial charge in [0.1, 0.15) is 17.7 Å². The van der Waals surface area contributed by atoms with Gasteiger partial charge in [-0.05, 0) is 49.9 Å². The molecular formula is C20H24FN5O3. The van der Waals surface area contributed by atoms with Crippen molar-refractivity contribution >= 4 is 29.6 Å². The van der Waals surface area contributed by atoms with Crippen LogP contribution in [0.4, 0.5) is 21.7 Å². The highest BCUT2D eigenvalue weighted by atomic mass is 19.1. The average molecular weight is 401 g/mol. The Bertz CT molecular complexity index is 921. The smallest absolute Gasteiger partial charge is 0.252 e. The van der Waals surface area contributed by atoms with Crippen molar-refractivity contribution in [3.63, 3.8) is 0 Å². The van der Waals surface area contributed by atoms with E-state index >= 15 is 0 Å². The number of pyridine rings is 1. The number of nitrogens with zero attached hydrogens (tertiary/aromatic N) is 2. The second-order valence-corrected chi connectivity index (χ2v) is 6.91. The van der Waals surface area contributed by atoms with Gasteiger partial charge in [-0.15, -0.1) is 0 Å². The van der Waals surface area contributed by atoms with Gasteiger partial charge in [-0.3, -0.25) is 9.59 Å². The fraction of sp³-hybridized carbons (Fsp3) is 0.350. The van der Waals surface area contributed by atoms with Crippen molar-refractivity contribution in [2.24, 2.45) is 5.73 Å². The predicted octanol–water partition coefficient (Wildman–Crippen LogP) is 2.44. The van der Waals surface area contributed by atoms with E-state index in [1.54, 1.807) is 18.1 Å². The van der Waals surface area contributed by atoms with Gasteiger partial charge in [0.25, 0.3) is 5.91 Å². The van der Waals surface area contributed by atoms with Crippen LogP contribution >= 0.6 is 0 Å². The summed E-state index contributed by atoms with van der Waals surface area (Å²) in [6.45, 7) is 2.43. The van der Waals surface area contributed by atoms with Crippen molar-refractivity contribution in [2.45, 2.75) is 32.4 Å². The number of hydrogen-bond donors (Lipinski definition) is 3. The quantitative estimate of drug-likeness (QED) is 0.615. The van der Waals surface area contributed by atoms with Crippen LogP contribution in [0.5, 0.6) is 5.75 Å². The Balaban J connectivity index is 2.03. The zero-order valence-electron chi connectivity index (χ0n) is 16.4. The minimum atomic E-state index is -0.800. The van der Waals surface area contributed by atoms with E-state index in [2.05, 4.69) is 15.6 Å². The molecule has 0 saturated carbocycles.